The van der Waals surface area contributed by atoms with E-state index in [1.165, 1.54) is 19.5 Å². The molecule has 2 rings (SSSR count). The topological polar surface area (TPSA) is 15.3 Å². The molecule has 0 radical (unpaired) electrons. The van der Waals surface area contributed by atoms with Crippen LogP contribution in [0.1, 0.15) is 7.85 Å². The van der Waals surface area contributed by atoms with Gasteiger partial charge in [-0.3, -0.25) is 0 Å². The minimum absolute atomic E-state index is 0. The molecule has 2 aliphatic rings. The fourth-order valence-corrected chi connectivity index (χ4v) is 1.48. The van der Waals surface area contributed by atoms with Gasteiger partial charge in [-0.1, -0.05) is 0 Å². The van der Waals surface area contributed by atoms with Gasteiger partial charge in [0, 0.05) is 26.6 Å². The van der Waals surface area contributed by atoms with Crippen LogP contribution in [-0.4, -0.2) is 37.1 Å². The van der Waals surface area contributed by atoms with E-state index in [1.807, 2.05) is 0 Å². The molecule has 2 unspecified atom stereocenters. The minimum Gasteiger partial charge on any atom is -0.311 e. The van der Waals surface area contributed by atoms with Crippen molar-refractivity contribution < 1.29 is 1.43 Å². The quantitative estimate of drug-likeness (QED) is 0.473. The van der Waals surface area contributed by atoms with Crippen molar-refractivity contribution in [2.75, 3.05) is 20.1 Å². The number of hydrogen-bond acceptors (Lipinski definition) is 2. The molecule has 48 valence electrons. The van der Waals surface area contributed by atoms with Gasteiger partial charge in [-0.25, -0.2) is 0 Å². The average molecular weight is 114 g/mol. The lowest BCUT2D eigenvalue weighted by Crippen LogP contribution is -2.41. The summed E-state index contributed by atoms with van der Waals surface area (Å²) < 4.78 is 0. The van der Waals surface area contributed by atoms with Gasteiger partial charge in [-0.15, -0.1) is 0 Å². The van der Waals surface area contributed by atoms with Crippen molar-refractivity contribution in [3.8, 4) is 0 Å². The summed E-state index contributed by atoms with van der Waals surface area (Å²) >= 11 is 0. The molecule has 2 nitrogen and oxygen atoms in total. The predicted molar refractivity (Wildman–Crippen MR) is 34.9 cm³/mol. The van der Waals surface area contributed by atoms with Crippen LogP contribution < -0.4 is 5.32 Å². The molecule has 2 atom stereocenters. The summed E-state index contributed by atoms with van der Waals surface area (Å²) in [6.07, 6.45) is 1.39. The van der Waals surface area contributed by atoms with Crippen LogP contribution in [0.25, 0.3) is 0 Å². The smallest absolute Gasteiger partial charge is 0.0262 e. The lowest BCUT2D eigenvalue weighted by Gasteiger charge is -2.21. The van der Waals surface area contributed by atoms with Crippen molar-refractivity contribution in [1.29, 1.82) is 0 Å². The van der Waals surface area contributed by atoms with E-state index < -0.39 is 0 Å². The molecule has 2 heteroatoms. The van der Waals surface area contributed by atoms with E-state index >= 15 is 0 Å². The third-order valence-corrected chi connectivity index (χ3v) is 2.19. The van der Waals surface area contributed by atoms with E-state index in [2.05, 4.69) is 17.3 Å². The van der Waals surface area contributed by atoms with Crippen LogP contribution in [0.5, 0.6) is 0 Å². The van der Waals surface area contributed by atoms with Crippen LogP contribution in [-0.2, 0) is 0 Å². The monoisotopic (exact) mass is 114 g/mol. The highest BCUT2D eigenvalue weighted by Crippen LogP contribution is 2.28. The number of nitrogens with one attached hydrogen (secondary N) is 1. The summed E-state index contributed by atoms with van der Waals surface area (Å²) in [6.45, 7) is 2.43. The lowest BCUT2D eigenvalue weighted by atomic mass is 10.4. The second-order valence-electron chi connectivity index (χ2n) is 2.84. The summed E-state index contributed by atoms with van der Waals surface area (Å²) in [6, 6.07) is 1.75. The fraction of sp³-hybridized carbons (Fsp3) is 1.00. The van der Waals surface area contributed by atoms with Crippen LogP contribution in [0.15, 0.2) is 0 Å². The Hall–Kier alpha value is -0.0800. The summed E-state index contributed by atoms with van der Waals surface area (Å²) in [5.74, 6) is 0. The number of nitrogens with zero attached hydrogens (tertiary/aromatic N) is 1. The van der Waals surface area contributed by atoms with E-state index in [0.29, 0.717) is 0 Å². The van der Waals surface area contributed by atoms with Crippen molar-refractivity contribution in [3.63, 3.8) is 0 Å². The van der Waals surface area contributed by atoms with E-state index in [1.54, 1.807) is 0 Å². The molecule has 1 heterocycles. The maximum atomic E-state index is 3.44. The second-order valence-corrected chi connectivity index (χ2v) is 2.84. The zero-order valence-corrected chi connectivity index (χ0v) is 5.22. The maximum absolute atomic E-state index is 3.44. The summed E-state index contributed by atoms with van der Waals surface area (Å²) in [4.78, 5) is 2.45. The first kappa shape index (κ1) is 4.77. The van der Waals surface area contributed by atoms with Crippen molar-refractivity contribution in [1.82, 2.24) is 10.2 Å². The molecular weight excluding hydrogens is 100 g/mol. The maximum Gasteiger partial charge on any atom is 0.0262 e. The normalized spacial score (nSPS) is 46.1. The molecule has 2 fully saturated rings. The number of fused-ring (bicyclic) bond motifs is 1. The molecule has 1 saturated heterocycles. The Balaban J connectivity index is 0.000000405. The Morgan fingerprint density at radius 1 is 1.75 bits per heavy atom. The molecule has 1 N–H and O–H groups in total. The van der Waals surface area contributed by atoms with Crippen LogP contribution in [0, 0.1) is 0 Å². The Morgan fingerprint density at radius 2 is 2.62 bits per heavy atom. The van der Waals surface area contributed by atoms with Crippen molar-refractivity contribution >= 4 is 0 Å². The molecule has 8 heavy (non-hydrogen) atoms. The highest BCUT2D eigenvalue weighted by Gasteiger charge is 2.41. The van der Waals surface area contributed by atoms with Crippen molar-refractivity contribution in [3.05, 3.63) is 0 Å². The second kappa shape index (κ2) is 1.45. The molecule has 1 aliphatic carbocycles. The molecule has 0 spiro atoms. The van der Waals surface area contributed by atoms with Gasteiger partial charge in [0.25, 0.3) is 0 Å². The molecular formula is C6H14N2. The lowest BCUT2D eigenvalue weighted by molar-refractivity contribution is 0.279. The highest BCUT2D eigenvalue weighted by molar-refractivity contribution is 5.03. The minimum atomic E-state index is 0. The molecule has 0 amide bonds. The third-order valence-electron chi connectivity index (χ3n) is 2.19. The summed E-state index contributed by atoms with van der Waals surface area (Å²) in [5, 5.41) is 3.44. The first-order valence-electron chi connectivity index (χ1n) is 3.31. The van der Waals surface area contributed by atoms with Crippen LogP contribution in [0.2, 0.25) is 0 Å². The molecule has 0 aromatic carbocycles. The number of hydrogen-bond donors (Lipinski definition) is 1. The van der Waals surface area contributed by atoms with E-state index in [0.717, 1.165) is 12.1 Å². The van der Waals surface area contributed by atoms with Crippen LogP contribution in [0.4, 0.5) is 0 Å². The van der Waals surface area contributed by atoms with Gasteiger partial charge in [0.15, 0.2) is 0 Å². The molecule has 0 aromatic rings. The first-order valence-corrected chi connectivity index (χ1v) is 3.31. The predicted octanol–water partition coefficient (Wildman–Crippen LogP) is -0.0917. The van der Waals surface area contributed by atoms with Gasteiger partial charge < -0.3 is 10.2 Å². The van der Waals surface area contributed by atoms with Gasteiger partial charge in [-0.05, 0) is 13.5 Å². The number of piperazine rings is 1. The standard InChI is InChI=1S/C6H12N2.H2/c1-8-3-2-7-5-4-6(5)8;/h5-7H,2-4H2,1H3;1H. The Morgan fingerprint density at radius 3 is 3.25 bits per heavy atom. The third kappa shape index (κ3) is 0.565. The van der Waals surface area contributed by atoms with Crippen molar-refractivity contribution in [2.45, 2.75) is 18.5 Å². The van der Waals surface area contributed by atoms with Gasteiger partial charge in [0.1, 0.15) is 0 Å². The summed E-state index contributed by atoms with van der Waals surface area (Å²) in [5.41, 5.74) is 0. The number of likely N-dealkylation sites (N-methyl/N-ethyl adjacent to an activating group) is 1. The van der Waals surface area contributed by atoms with Crippen LogP contribution >= 0.6 is 0 Å². The molecule has 0 bridgehead atoms. The van der Waals surface area contributed by atoms with E-state index in [-0.39, 0.29) is 1.43 Å². The summed E-state index contributed by atoms with van der Waals surface area (Å²) in [7, 11) is 2.21. The van der Waals surface area contributed by atoms with Gasteiger partial charge in [0.05, 0.1) is 0 Å². The van der Waals surface area contributed by atoms with Crippen LogP contribution in [0.3, 0.4) is 0 Å². The average Bonchev–Trinajstić information content (AvgIpc) is 2.45. The number of rotatable bonds is 0. The highest BCUT2D eigenvalue weighted by atomic mass is 15.3. The molecule has 1 aliphatic heterocycles. The molecule has 1 saturated carbocycles. The zero-order valence-electron chi connectivity index (χ0n) is 5.22. The zero-order chi connectivity index (χ0) is 5.56. The molecule has 0 aromatic heterocycles. The van der Waals surface area contributed by atoms with Gasteiger partial charge in [0.2, 0.25) is 0 Å². The largest absolute Gasteiger partial charge is 0.311 e. The Bertz CT molecular complexity index is 107. The first-order chi connectivity index (χ1) is 3.88. The van der Waals surface area contributed by atoms with Gasteiger partial charge >= 0.3 is 0 Å². The van der Waals surface area contributed by atoms with E-state index in [4.69, 9.17) is 0 Å². The van der Waals surface area contributed by atoms with Crippen molar-refractivity contribution in [2.24, 2.45) is 0 Å². The van der Waals surface area contributed by atoms with E-state index in [9.17, 15) is 0 Å². The van der Waals surface area contributed by atoms with Gasteiger partial charge in [-0.2, -0.15) is 0 Å². The SMILES string of the molecule is CN1CCNC2CC21.[HH]. The fourth-order valence-electron chi connectivity index (χ4n) is 1.48. The Labute approximate surface area is 51.3 Å². The Kier molecular flexibility index (Phi) is 0.866.